The Morgan fingerprint density at radius 1 is 0.443 bits per heavy atom. The maximum absolute atomic E-state index is 2.35. The Balaban J connectivity index is -0.000000142. The van der Waals surface area contributed by atoms with Crippen molar-refractivity contribution in [3.63, 3.8) is 0 Å². The van der Waals surface area contributed by atoms with Crippen molar-refractivity contribution in [2.75, 3.05) is 0 Å². The Bertz CT molecular complexity index is 1050. The first-order chi connectivity index (χ1) is 36.2. The Morgan fingerprint density at radius 3 is 0.759 bits per heavy atom. The van der Waals surface area contributed by atoms with E-state index < -0.39 is 0 Å². The molecule has 0 aromatic carbocycles. The summed E-state index contributed by atoms with van der Waals surface area (Å²) in [6.45, 7) is 81.5. The van der Waals surface area contributed by atoms with Gasteiger partial charge in [0.2, 0.25) is 0 Å². The summed E-state index contributed by atoms with van der Waals surface area (Å²) in [7, 11) is 0. The minimum atomic E-state index is 0.542. The molecular formula is C79H172. The van der Waals surface area contributed by atoms with Gasteiger partial charge < -0.3 is 0 Å². The van der Waals surface area contributed by atoms with Crippen LogP contribution in [0.15, 0.2) is 0 Å². The van der Waals surface area contributed by atoms with Crippen LogP contribution in [0.5, 0.6) is 0 Å². The van der Waals surface area contributed by atoms with Crippen LogP contribution in [0.3, 0.4) is 0 Å². The molecule has 0 amide bonds. The van der Waals surface area contributed by atoms with E-state index in [-0.39, 0.29) is 0 Å². The molecule has 0 saturated heterocycles. The average molecular weight is 1120 g/mol. The third-order valence-electron chi connectivity index (χ3n) is 18.7. The Labute approximate surface area is 511 Å². The van der Waals surface area contributed by atoms with Gasteiger partial charge in [-0.15, -0.1) is 0 Å². The van der Waals surface area contributed by atoms with Crippen LogP contribution in [0.4, 0.5) is 0 Å². The molecule has 0 aromatic heterocycles. The quantitative estimate of drug-likeness (QED) is 0.144. The van der Waals surface area contributed by atoms with Gasteiger partial charge in [-0.1, -0.05) is 365 Å². The van der Waals surface area contributed by atoms with E-state index in [1.165, 1.54) is 167 Å². The molecule has 0 nitrogen and oxygen atoms in total. The highest BCUT2D eigenvalue weighted by atomic mass is 14.5. The van der Waals surface area contributed by atoms with Crippen LogP contribution in [-0.4, -0.2) is 0 Å². The monoisotopic (exact) mass is 1120 g/mol. The molecule has 6 aliphatic carbocycles. The Hall–Kier alpha value is 0. The maximum atomic E-state index is 2.35. The summed E-state index contributed by atoms with van der Waals surface area (Å²) in [5.74, 6) is 11.8. The lowest BCUT2D eigenvalue weighted by atomic mass is 9.94. The van der Waals surface area contributed by atoms with Gasteiger partial charge in [-0.05, 0) is 149 Å². The molecule has 6 aliphatic rings. The fraction of sp³-hybridized carbons (Fsp3) is 1.00. The molecule has 6 fully saturated rings. The molecule has 0 heterocycles. The molecule has 6 rings (SSSR count). The second-order valence-corrected chi connectivity index (χ2v) is 32.5. The van der Waals surface area contributed by atoms with E-state index in [1.807, 2.05) is 0 Å². The number of hydrogen-bond acceptors (Lipinski definition) is 0. The zero-order chi connectivity index (χ0) is 63.8. The molecular weight excluding hydrogens is 949 g/mol. The molecule has 488 valence electrons. The fourth-order valence-corrected chi connectivity index (χ4v) is 6.55. The van der Waals surface area contributed by atoms with Crippen LogP contribution in [0.2, 0.25) is 0 Å². The smallest absolute Gasteiger partial charge is 0.0326 e. The van der Waals surface area contributed by atoms with Crippen molar-refractivity contribution in [1.29, 1.82) is 0 Å². The summed E-state index contributed by atoms with van der Waals surface area (Å²) in [6, 6.07) is 0. The SMILES string of the molecule is CC(C)C(C)C.CC(C)C1CC1.CCC(C)(C)C.CCC(C)(C)C.CCC(C)CC.CCC1(C)CC1.CCC1(C)CC1.CCC1C[C@@H]1C.CCCC(C)C.CCCC(C)C.CCCC1CC1.CCC[C@H](C)CC.C[C@H]1CC1(C)C. The molecule has 6 saturated carbocycles. The molecule has 0 bridgehead atoms. The van der Waals surface area contributed by atoms with Crippen LogP contribution in [-0.2, 0) is 0 Å². The number of rotatable bonds is 16. The van der Waals surface area contributed by atoms with Gasteiger partial charge in [-0.3, -0.25) is 0 Å². The van der Waals surface area contributed by atoms with Crippen molar-refractivity contribution in [2.45, 2.75) is 416 Å². The second kappa shape index (κ2) is 54.6. The highest BCUT2D eigenvalue weighted by Crippen LogP contribution is 2.51. The van der Waals surface area contributed by atoms with Crippen molar-refractivity contribution in [3.05, 3.63) is 0 Å². The highest BCUT2D eigenvalue weighted by Gasteiger charge is 2.41. The largest absolute Gasteiger partial charge is 0.0654 e. The van der Waals surface area contributed by atoms with Gasteiger partial charge in [0, 0.05) is 0 Å². The van der Waals surface area contributed by atoms with Crippen LogP contribution >= 0.6 is 0 Å². The summed E-state index contributed by atoms with van der Waals surface area (Å²) < 4.78 is 0. The normalized spacial score (nSPS) is 19.9. The lowest BCUT2D eigenvalue weighted by molar-refractivity contribution is 0.397. The standard InChI is InChI=1S/C7H16.6C6H12.6C6H14/c1-4-6-7(3)5-2;1-5-4-6(5,2)3;1-5(2)6-3-4-6;2*1-3-6(2)4-5-6;1-3-6-4-5(6)2;1-2-3-6-4-5-6;2*1-5-6(2,3)4;1-5(2)6(3)4;2*1-4-5-6(2)3;1-4-6(3)5-2/h7H,4-6H2,1-3H3;5H,4H2,1-3H3;5-6H,3-4H2,1-2H3;2*3-5H2,1-2H3;5-6H,3-4H2,1-2H3;6H,2-5H2,1H3;2*5H2,1-4H3;5-6H,1-4H3;3*6H,4-5H2,1-3H3/t7-;5-;;;;5-,6?;;;;;;;/m10...0......./s1. The van der Waals surface area contributed by atoms with Gasteiger partial charge in [-0.25, -0.2) is 0 Å². The molecule has 1 unspecified atom stereocenters. The van der Waals surface area contributed by atoms with Gasteiger partial charge in [0.15, 0.2) is 0 Å². The average Bonchev–Trinajstić information content (AvgIpc) is 4.13. The Morgan fingerprint density at radius 2 is 0.734 bits per heavy atom. The van der Waals surface area contributed by atoms with Crippen molar-refractivity contribution in [1.82, 2.24) is 0 Å². The summed E-state index contributed by atoms with van der Waals surface area (Å²) in [5, 5.41) is 0. The van der Waals surface area contributed by atoms with Gasteiger partial charge in [0.05, 0.1) is 0 Å². The van der Waals surface area contributed by atoms with Gasteiger partial charge >= 0.3 is 0 Å². The van der Waals surface area contributed by atoms with Gasteiger partial charge in [0.25, 0.3) is 0 Å². The van der Waals surface area contributed by atoms with E-state index in [0.29, 0.717) is 16.2 Å². The molecule has 0 spiro atoms. The second-order valence-electron chi connectivity index (χ2n) is 32.5. The van der Waals surface area contributed by atoms with E-state index in [0.717, 1.165) is 81.8 Å². The zero-order valence-corrected chi connectivity index (χ0v) is 63.8. The zero-order valence-electron chi connectivity index (χ0n) is 63.8. The topological polar surface area (TPSA) is 0 Å². The third kappa shape index (κ3) is 89.4. The van der Waals surface area contributed by atoms with Crippen molar-refractivity contribution < 1.29 is 0 Å². The highest BCUT2D eigenvalue weighted by molar-refractivity contribution is 4.91. The van der Waals surface area contributed by atoms with Gasteiger partial charge in [-0.2, -0.15) is 0 Å². The Kier molecular flexibility index (Phi) is 64.1. The van der Waals surface area contributed by atoms with Gasteiger partial charge in [0.1, 0.15) is 0 Å². The first-order valence-corrected chi connectivity index (χ1v) is 36.2. The van der Waals surface area contributed by atoms with E-state index in [9.17, 15) is 0 Å². The minimum Gasteiger partial charge on any atom is -0.0654 e. The molecule has 0 aliphatic heterocycles. The summed E-state index contributed by atoms with van der Waals surface area (Å²) >= 11 is 0. The van der Waals surface area contributed by atoms with E-state index in [1.54, 1.807) is 0 Å². The predicted molar refractivity (Wildman–Crippen MR) is 378 cm³/mol. The molecule has 0 heteroatoms. The third-order valence-corrected chi connectivity index (χ3v) is 18.7. The fourth-order valence-electron chi connectivity index (χ4n) is 6.55. The first kappa shape index (κ1) is 92.7. The summed E-state index contributed by atoms with van der Waals surface area (Å²) in [5.41, 5.74) is 3.38. The number of hydrogen-bond donors (Lipinski definition) is 0. The van der Waals surface area contributed by atoms with Crippen molar-refractivity contribution >= 4 is 0 Å². The molecule has 0 aromatic rings. The van der Waals surface area contributed by atoms with E-state index in [2.05, 4.69) is 249 Å². The van der Waals surface area contributed by atoms with Crippen LogP contribution < -0.4 is 0 Å². The van der Waals surface area contributed by atoms with Crippen LogP contribution in [0.1, 0.15) is 416 Å². The molecule has 0 N–H and O–H groups in total. The summed E-state index contributed by atoms with van der Waals surface area (Å²) in [6.07, 6.45) is 36.6. The molecule has 79 heavy (non-hydrogen) atoms. The lowest BCUT2D eigenvalue weighted by Gasteiger charge is -2.12. The predicted octanol–water partition coefficient (Wildman–Crippen LogP) is 30.1. The summed E-state index contributed by atoms with van der Waals surface area (Å²) in [4.78, 5) is 0. The lowest BCUT2D eigenvalue weighted by Crippen LogP contribution is -2.00. The van der Waals surface area contributed by atoms with Crippen LogP contribution in [0, 0.1) is 98.1 Å². The maximum Gasteiger partial charge on any atom is -0.0326 e. The molecule has 4 atom stereocenters. The van der Waals surface area contributed by atoms with E-state index >= 15 is 0 Å². The van der Waals surface area contributed by atoms with Crippen LogP contribution in [0.25, 0.3) is 0 Å². The first-order valence-electron chi connectivity index (χ1n) is 36.2. The molecule has 0 radical (unpaired) electrons. The van der Waals surface area contributed by atoms with Crippen molar-refractivity contribution in [3.8, 4) is 0 Å². The van der Waals surface area contributed by atoms with Crippen molar-refractivity contribution in [2.24, 2.45) is 98.1 Å². The van der Waals surface area contributed by atoms with E-state index in [4.69, 9.17) is 0 Å². The minimum absolute atomic E-state index is 0.542.